The molecule has 0 aliphatic carbocycles. The maximum atomic E-state index is 5.40. The van der Waals surface area contributed by atoms with Gasteiger partial charge in [0.2, 0.25) is 0 Å². The molecule has 6 heteroatoms. The molecule has 3 aromatic heterocycles. The fourth-order valence-electron chi connectivity index (χ4n) is 2.43. The molecule has 0 spiro atoms. The number of pyridine rings is 1. The average molecular weight is 271 g/mol. The summed E-state index contributed by atoms with van der Waals surface area (Å²) in [6, 6.07) is 1.97. The first-order valence-corrected chi connectivity index (χ1v) is 6.74. The lowest BCUT2D eigenvalue weighted by Gasteiger charge is -2.01. The second-order valence-corrected chi connectivity index (χ2v) is 4.98. The third kappa shape index (κ3) is 1.97. The van der Waals surface area contributed by atoms with Gasteiger partial charge in [-0.15, -0.1) is 0 Å². The van der Waals surface area contributed by atoms with Crippen LogP contribution in [-0.4, -0.2) is 24.9 Å². The molecule has 0 N–H and O–H groups in total. The Kier molecular flexibility index (Phi) is 3.00. The van der Waals surface area contributed by atoms with Gasteiger partial charge in [-0.25, -0.2) is 4.98 Å². The molecule has 3 aromatic rings. The van der Waals surface area contributed by atoms with Crippen LogP contribution in [0.3, 0.4) is 0 Å². The predicted molar refractivity (Wildman–Crippen MR) is 75.3 cm³/mol. The Hall–Kier alpha value is -2.24. The number of fused-ring (bicyclic) bond motifs is 1. The molecule has 0 saturated heterocycles. The third-order valence-corrected chi connectivity index (χ3v) is 3.27. The van der Waals surface area contributed by atoms with Gasteiger partial charge in [0.1, 0.15) is 0 Å². The number of hydrogen-bond donors (Lipinski definition) is 0. The highest BCUT2D eigenvalue weighted by atomic mass is 16.5. The summed E-state index contributed by atoms with van der Waals surface area (Å²) in [7, 11) is 1.89. The summed E-state index contributed by atoms with van der Waals surface area (Å²) in [6.45, 7) is 6.01. The number of hydrogen-bond acceptors (Lipinski definition) is 5. The van der Waals surface area contributed by atoms with Gasteiger partial charge in [-0.05, 0) is 26.3 Å². The SMILES string of the molecule is CCCc1noc(-c2cc(C)nc3c2c(C)nn3C)n1. The smallest absolute Gasteiger partial charge is 0.258 e. The zero-order valence-corrected chi connectivity index (χ0v) is 12.1. The molecule has 3 heterocycles. The van der Waals surface area contributed by atoms with E-state index in [-0.39, 0.29) is 0 Å². The Morgan fingerprint density at radius 1 is 1.25 bits per heavy atom. The van der Waals surface area contributed by atoms with E-state index in [1.165, 1.54) is 0 Å². The van der Waals surface area contributed by atoms with Gasteiger partial charge in [-0.1, -0.05) is 12.1 Å². The quantitative estimate of drug-likeness (QED) is 0.732. The van der Waals surface area contributed by atoms with Crippen LogP contribution < -0.4 is 0 Å². The normalized spacial score (nSPS) is 11.4. The predicted octanol–water partition coefficient (Wildman–Crippen LogP) is 2.59. The van der Waals surface area contributed by atoms with Crippen molar-refractivity contribution in [1.29, 1.82) is 0 Å². The van der Waals surface area contributed by atoms with E-state index in [0.717, 1.165) is 46.7 Å². The number of aryl methyl sites for hydroxylation is 4. The highest BCUT2D eigenvalue weighted by Gasteiger charge is 2.18. The van der Waals surface area contributed by atoms with Gasteiger partial charge >= 0.3 is 0 Å². The van der Waals surface area contributed by atoms with E-state index in [1.807, 2.05) is 27.0 Å². The maximum Gasteiger partial charge on any atom is 0.258 e. The minimum absolute atomic E-state index is 0.542. The van der Waals surface area contributed by atoms with Crippen molar-refractivity contribution in [2.24, 2.45) is 7.05 Å². The number of aromatic nitrogens is 5. The summed E-state index contributed by atoms with van der Waals surface area (Å²) in [4.78, 5) is 9.01. The summed E-state index contributed by atoms with van der Waals surface area (Å²) in [5.74, 6) is 1.28. The summed E-state index contributed by atoms with van der Waals surface area (Å²) in [5, 5.41) is 9.42. The highest BCUT2D eigenvalue weighted by Crippen LogP contribution is 2.29. The van der Waals surface area contributed by atoms with Gasteiger partial charge in [0, 0.05) is 19.2 Å². The Morgan fingerprint density at radius 2 is 2.05 bits per heavy atom. The third-order valence-electron chi connectivity index (χ3n) is 3.27. The Bertz CT molecular complexity index is 771. The molecule has 0 aromatic carbocycles. The van der Waals surface area contributed by atoms with Crippen LogP contribution >= 0.6 is 0 Å². The molecule has 0 aliphatic rings. The van der Waals surface area contributed by atoms with E-state index in [0.29, 0.717) is 5.89 Å². The molecule has 3 rings (SSSR count). The first-order chi connectivity index (χ1) is 9.60. The van der Waals surface area contributed by atoms with Crippen LogP contribution in [0.5, 0.6) is 0 Å². The molecule has 0 aliphatic heterocycles. The summed E-state index contributed by atoms with van der Waals surface area (Å²) < 4.78 is 7.19. The maximum absolute atomic E-state index is 5.40. The lowest BCUT2D eigenvalue weighted by molar-refractivity contribution is 0.422. The molecule has 0 saturated carbocycles. The molecule has 0 atom stereocenters. The van der Waals surface area contributed by atoms with Crippen LogP contribution in [-0.2, 0) is 13.5 Å². The van der Waals surface area contributed by atoms with E-state index < -0.39 is 0 Å². The second-order valence-electron chi connectivity index (χ2n) is 4.98. The molecule has 20 heavy (non-hydrogen) atoms. The molecule has 0 radical (unpaired) electrons. The summed E-state index contributed by atoms with van der Waals surface area (Å²) in [5.41, 5.74) is 3.58. The van der Waals surface area contributed by atoms with E-state index in [4.69, 9.17) is 4.52 Å². The molecule has 0 fully saturated rings. The zero-order valence-electron chi connectivity index (χ0n) is 12.1. The minimum Gasteiger partial charge on any atom is -0.334 e. The standard InChI is InChI=1S/C14H17N5O/c1-5-6-11-16-14(20-18-11)10-7-8(2)15-13-12(10)9(3)17-19(13)4/h7H,5-6H2,1-4H3. The Morgan fingerprint density at radius 3 is 2.80 bits per heavy atom. The van der Waals surface area contributed by atoms with Crippen molar-refractivity contribution in [1.82, 2.24) is 24.9 Å². The molecule has 0 unspecified atom stereocenters. The Labute approximate surface area is 116 Å². The van der Waals surface area contributed by atoms with E-state index in [1.54, 1.807) is 4.68 Å². The van der Waals surface area contributed by atoms with Crippen LogP contribution in [0.1, 0.15) is 30.6 Å². The fourth-order valence-corrected chi connectivity index (χ4v) is 2.43. The van der Waals surface area contributed by atoms with Gasteiger partial charge in [0.25, 0.3) is 5.89 Å². The number of nitrogens with zero attached hydrogens (tertiary/aromatic N) is 5. The van der Waals surface area contributed by atoms with E-state index >= 15 is 0 Å². The fraction of sp³-hybridized carbons (Fsp3) is 0.429. The summed E-state index contributed by atoms with van der Waals surface area (Å²) >= 11 is 0. The molecule has 0 amide bonds. The largest absolute Gasteiger partial charge is 0.334 e. The molecular weight excluding hydrogens is 254 g/mol. The molecular formula is C14H17N5O. The highest BCUT2D eigenvalue weighted by molar-refractivity contribution is 5.92. The van der Waals surface area contributed by atoms with Gasteiger partial charge in [0.15, 0.2) is 11.5 Å². The molecule has 104 valence electrons. The van der Waals surface area contributed by atoms with Gasteiger partial charge in [-0.2, -0.15) is 10.1 Å². The van der Waals surface area contributed by atoms with Crippen LogP contribution in [0.2, 0.25) is 0 Å². The van der Waals surface area contributed by atoms with Crippen molar-refractivity contribution in [3.05, 3.63) is 23.3 Å². The monoisotopic (exact) mass is 271 g/mol. The van der Waals surface area contributed by atoms with Crippen molar-refractivity contribution in [3.63, 3.8) is 0 Å². The van der Waals surface area contributed by atoms with Gasteiger partial charge in [-0.3, -0.25) is 4.68 Å². The molecule has 6 nitrogen and oxygen atoms in total. The van der Waals surface area contributed by atoms with Crippen molar-refractivity contribution in [2.45, 2.75) is 33.6 Å². The second kappa shape index (κ2) is 4.70. The zero-order chi connectivity index (χ0) is 14.3. The van der Waals surface area contributed by atoms with Gasteiger partial charge in [0.05, 0.1) is 16.6 Å². The lowest BCUT2D eigenvalue weighted by Crippen LogP contribution is -1.94. The van der Waals surface area contributed by atoms with E-state index in [9.17, 15) is 0 Å². The van der Waals surface area contributed by atoms with Crippen molar-refractivity contribution >= 4 is 11.0 Å². The summed E-state index contributed by atoms with van der Waals surface area (Å²) in [6.07, 6.45) is 1.82. The average Bonchev–Trinajstić information content (AvgIpc) is 2.96. The minimum atomic E-state index is 0.542. The first kappa shape index (κ1) is 12.8. The topological polar surface area (TPSA) is 69.6 Å². The van der Waals surface area contributed by atoms with Crippen molar-refractivity contribution in [3.8, 4) is 11.5 Å². The lowest BCUT2D eigenvalue weighted by atomic mass is 10.1. The van der Waals surface area contributed by atoms with Crippen LogP contribution in [0.4, 0.5) is 0 Å². The van der Waals surface area contributed by atoms with Crippen LogP contribution in [0, 0.1) is 13.8 Å². The van der Waals surface area contributed by atoms with Crippen molar-refractivity contribution < 1.29 is 4.52 Å². The number of rotatable bonds is 3. The van der Waals surface area contributed by atoms with Crippen LogP contribution in [0.15, 0.2) is 10.6 Å². The van der Waals surface area contributed by atoms with Gasteiger partial charge < -0.3 is 4.52 Å². The van der Waals surface area contributed by atoms with E-state index in [2.05, 4.69) is 27.1 Å². The Balaban J connectivity index is 2.23. The molecule has 0 bridgehead atoms. The van der Waals surface area contributed by atoms with Crippen molar-refractivity contribution in [2.75, 3.05) is 0 Å². The first-order valence-electron chi connectivity index (χ1n) is 6.74. The van der Waals surface area contributed by atoms with Crippen LogP contribution in [0.25, 0.3) is 22.5 Å².